The molecule has 0 bridgehead atoms. The Morgan fingerprint density at radius 2 is 1.82 bits per heavy atom. The lowest BCUT2D eigenvalue weighted by Gasteiger charge is -2.54. The highest BCUT2D eigenvalue weighted by molar-refractivity contribution is 6.01. The Morgan fingerprint density at radius 1 is 1.24 bits per heavy atom. The molecule has 2 fully saturated rings. The van der Waals surface area contributed by atoms with Crippen LogP contribution in [-0.4, -0.2) is 22.8 Å². The van der Waals surface area contributed by atoms with E-state index in [0.29, 0.717) is 12.8 Å². The van der Waals surface area contributed by atoms with E-state index in [1.165, 1.54) is 0 Å². The molecule has 3 heteroatoms. The zero-order chi connectivity index (χ0) is 13.0. The van der Waals surface area contributed by atoms with E-state index >= 15 is 0 Å². The van der Waals surface area contributed by atoms with Gasteiger partial charge in [-0.15, -0.1) is 0 Å². The van der Waals surface area contributed by atoms with Gasteiger partial charge >= 0.3 is 0 Å². The van der Waals surface area contributed by atoms with Gasteiger partial charge in [-0.05, 0) is 25.2 Å². The molecular weight excluding hydrogens is 216 g/mol. The van der Waals surface area contributed by atoms with E-state index in [4.69, 9.17) is 0 Å². The van der Waals surface area contributed by atoms with Crippen molar-refractivity contribution in [3.63, 3.8) is 0 Å². The fraction of sp³-hybridized carbons (Fsp3) is 0.857. The maximum atomic E-state index is 12.4. The topological polar surface area (TPSA) is 54.4 Å². The molecule has 2 aliphatic rings. The Hall–Kier alpha value is -0.700. The summed E-state index contributed by atoms with van der Waals surface area (Å²) in [5, 5.41) is 10.2. The van der Waals surface area contributed by atoms with Crippen molar-refractivity contribution in [2.75, 3.05) is 0 Å². The first kappa shape index (κ1) is 12.7. The zero-order valence-electron chi connectivity index (χ0n) is 11.1. The number of fused-ring (bicyclic) bond motifs is 1. The molecule has 1 N–H and O–H groups in total. The van der Waals surface area contributed by atoms with Crippen LogP contribution in [0.3, 0.4) is 0 Å². The van der Waals surface area contributed by atoms with Gasteiger partial charge in [0.25, 0.3) is 0 Å². The van der Waals surface area contributed by atoms with Crippen molar-refractivity contribution in [3.8, 4) is 0 Å². The van der Waals surface area contributed by atoms with Gasteiger partial charge in [-0.2, -0.15) is 0 Å². The third kappa shape index (κ3) is 1.59. The first-order chi connectivity index (χ1) is 7.71. The summed E-state index contributed by atoms with van der Waals surface area (Å²) in [6.45, 7) is 7.68. The van der Waals surface area contributed by atoms with Gasteiger partial charge in [-0.1, -0.05) is 20.8 Å². The fourth-order valence-electron chi connectivity index (χ4n) is 4.08. The Kier molecular flexibility index (Phi) is 2.73. The maximum Gasteiger partial charge on any atom is 0.145 e. The molecule has 4 atom stereocenters. The van der Waals surface area contributed by atoms with Crippen LogP contribution in [0.5, 0.6) is 0 Å². The monoisotopic (exact) mass is 238 g/mol. The molecule has 2 aliphatic carbocycles. The molecule has 17 heavy (non-hydrogen) atoms. The molecule has 0 aliphatic heterocycles. The van der Waals surface area contributed by atoms with Gasteiger partial charge in [-0.25, -0.2) is 0 Å². The second-order valence-electron chi connectivity index (χ2n) is 6.69. The van der Waals surface area contributed by atoms with Crippen LogP contribution >= 0.6 is 0 Å². The third-order valence-electron chi connectivity index (χ3n) is 4.94. The normalized spacial score (nSPS) is 45.6. The third-order valence-corrected chi connectivity index (χ3v) is 4.94. The molecule has 0 radical (unpaired) electrons. The van der Waals surface area contributed by atoms with Crippen LogP contribution in [0.2, 0.25) is 0 Å². The van der Waals surface area contributed by atoms with Gasteiger partial charge < -0.3 is 5.11 Å². The predicted molar refractivity (Wildman–Crippen MR) is 64.4 cm³/mol. The second kappa shape index (κ2) is 3.64. The molecule has 0 aromatic rings. The summed E-state index contributed by atoms with van der Waals surface area (Å²) in [7, 11) is 0. The highest BCUT2D eigenvalue weighted by Gasteiger charge is 2.61. The van der Waals surface area contributed by atoms with Crippen molar-refractivity contribution in [1.29, 1.82) is 0 Å². The van der Waals surface area contributed by atoms with E-state index in [1.807, 2.05) is 13.8 Å². The number of hydrogen-bond donors (Lipinski definition) is 1. The molecule has 0 unspecified atom stereocenters. The highest BCUT2D eigenvalue weighted by atomic mass is 16.3. The largest absolute Gasteiger partial charge is 0.392 e. The smallest absolute Gasteiger partial charge is 0.145 e. The number of carbonyl (C=O) groups excluding carboxylic acids is 2. The van der Waals surface area contributed by atoms with Crippen molar-refractivity contribution >= 4 is 11.6 Å². The Bertz CT molecular complexity index is 372. The number of Topliss-reactive ketones (excluding diaryl/α,β-unsaturated/α-hetero) is 2. The van der Waals surface area contributed by atoms with Crippen LogP contribution in [0.1, 0.15) is 47.0 Å². The fourth-order valence-corrected chi connectivity index (χ4v) is 4.08. The van der Waals surface area contributed by atoms with Crippen LogP contribution < -0.4 is 0 Å². The summed E-state index contributed by atoms with van der Waals surface area (Å²) >= 11 is 0. The van der Waals surface area contributed by atoms with Crippen LogP contribution in [-0.2, 0) is 9.59 Å². The Balaban J connectivity index is 2.52. The SMILES string of the molecule is C[C@@H]1CC(=O)[C@@H]2C(C)(C)CC[C@H](O)[C@]2(C)C1=O. The molecule has 2 saturated carbocycles. The Morgan fingerprint density at radius 3 is 2.41 bits per heavy atom. The second-order valence-corrected chi connectivity index (χ2v) is 6.69. The summed E-state index contributed by atoms with van der Waals surface area (Å²) in [4.78, 5) is 24.7. The maximum absolute atomic E-state index is 12.4. The molecule has 0 amide bonds. The van der Waals surface area contributed by atoms with Crippen molar-refractivity contribution in [1.82, 2.24) is 0 Å². The van der Waals surface area contributed by atoms with Gasteiger partial charge in [0.15, 0.2) is 0 Å². The molecule has 0 spiro atoms. The molecule has 0 saturated heterocycles. The predicted octanol–water partition coefficient (Wildman–Crippen LogP) is 1.97. The van der Waals surface area contributed by atoms with Gasteiger partial charge in [0.2, 0.25) is 0 Å². The van der Waals surface area contributed by atoms with E-state index in [9.17, 15) is 14.7 Å². The van der Waals surface area contributed by atoms with Crippen molar-refractivity contribution in [3.05, 3.63) is 0 Å². The van der Waals surface area contributed by atoms with Crippen LogP contribution in [0.4, 0.5) is 0 Å². The van der Waals surface area contributed by atoms with E-state index in [0.717, 1.165) is 6.42 Å². The van der Waals surface area contributed by atoms with E-state index in [1.54, 1.807) is 13.8 Å². The minimum absolute atomic E-state index is 0.0716. The van der Waals surface area contributed by atoms with Gasteiger partial charge in [0, 0.05) is 18.3 Å². The Labute approximate surface area is 103 Å². The number of rotatable bonds is 0. The van der Waals surface area contributed by atoms with Crippen molar-refractivity contribution in [2.24, 2.45) is 22.7 Å². The molecule has 0 aromatic carbocycles. The average Bonchev–Trinajstić information content (AvgIpc) is 2.20. The molecule has 0 heterocycles. The molecule has 0 aromatic heterocycles. The van der Waals surface area contributed by atoms with Crippen LogP contribution in [0.15, 0.2) is 0 Å². The standard InChI is InChI=1S/C14H22O3/c1-8-7-9(15)11-13(2,3)6-5-10(16)14(11,4)12(8)17/h8,10-11,16H,5-7H2,1-4H3/t8-,10+,11-,14+/m1/s1. The average molecular weight is 238 g/mol. The van der Waals surface area contributed by atoms with Gasteiger partial charge in [0.05, 0.1) is 11.5 Å². The minimum Gasteiger partial charge on any atom is -0.392 e. The lowest BCUT2D eigenvalue weighted by atomic mass is 9.48. The molecule has 2 rings (SSSR count). The molecule has 96 valence electrons. The molecular formula is C14H22O3. The van der Waals surface area contributed by atoms with Gasteiger partial charge in [-0.3, -0.25) is 9.59 Å². The first-order valence-electron chi connectivity index (χ1n) is 6.46. The quantitative estimate of drug-likeness (QED) is 0.702. The summed E-state index contributed by atoms with van der Waals surface area (Å²) in [6, 6.07) is 0. The summed E-state index contributed by atoms with van der Waals surface area (Å²) in [5.74, 6) is -0.333. The minimum atomic E-state index is -0.865. The van der Waals surface area contributed by atoms with Crippen LogP contribution in [0.25, 0.3) is 0 Å². The molecule has 3 nitrogen and oxygen atoms in total. The number of hydrogen-bond acceptors (Lipinski definition) is 3. The number of aliphatic hydroxyl groups is 1. The summed E-state index contributed by atoms with van der Waals surface area (Å²) < 4.78 is 0. The van der Waals surface area contributed by atoms with Crippen molar-refractivity contribution < 1.29 is 14.7 Å². The van der Waals surface area contributed by atoms with Crippen molar-refractivity contribution in [2.45, 2.75) is 53.1 Å². The van der Waals surface area contributed by atoms with Crippen LogP contribution in [0, 0.1) is 22.7 Å². The van der Waals surface area contributed by atoms with E-state index in [2.05, 4.69) is 0 Å². The lowest BCUT2D eigenvalue weighted by Crippen LogP contribution is -2.61. The number of ketones is 2. The number of carbonyl (C=O) groups is 2. The summed E-state index contributed by atoms with van der Waals surface area (Å²) in [5.41, 5.74) is -1.04. The lowest BCUT2D eigenvalue weighted by molar-refractivity contribution is -0.173. The van der Waals surface area contributed by atoms with Gasteiger partial charge in [0.1, 0.15) is 11.6 Å². The van der Waals surface area contributed by atoms with E-state index in [-0.39, 0.29) is 28.8 Å². The zero-order valence-corrected chi connectivity index (χ0v) is 11.1. The first-order valence-corrected chi connectivity index (χ1v) is 6.46. The van der Waals surface area contributed by atoms with E-state index < -0.39 is 11.5 Å². The summed E-state index contributed by atoms with van der Waals surface area (Å²) in [6.07, 6.45) is 1.10. The number of aliphatic hydroxyl groups excluding tert-OH is 1. The highest BCUT2D eigenvalue weighted by Crippen LogP contribution is 2.55.